The van der Waals surface area contributed by atoms with Crippen molar-refractivity contribution in [1.82, 2.24) is 0 Å². The number of ether oxygens (including phenoxy) is 3. The van der Waals surface area contributed by atoms with Crippen LogP contribution in [0.5, 0.6) is 11.5 Å². The number of hydrogen-bond donors (Lipinski definition) is 0. The summed E-state index contributed by atoms with van der Waals surface area (Å²) in [6.45, 7) is 1.15. The van der Waals surface area contributed by atoms with Crippen LogP contribution in [-0.4, -0.2) is 13.4 Å². The van der Waals surface area contributed by atoms with Gasteiger partial charge >= 0.3 is 0 Å². The smallest absolute Gasteiger partial charge is 0.231 e. The van der Waals surface area contributed by atoms with Gasteiger partial charge < -0.3 is 14.2 Å². The molecule has 3 nitrogen and oxygen atoms in total. The molecule has 0 aliphatic carbocycles. The van der Waals surface area contributed by atoms with E-state index in [2.05, 4.69) is 15.9 Å². The molecule has 80 valence electrons. The fraction of sp³-hybridized carbons (Fsp3) is 0.455. The van der Waals surface area contributed by atoms with Crippen LogP contribution < -0.4 is 9.47 Å². The van der Waals surface area contributed by atoms with Gasteiger partial charge in [0.1, 0.15) is 0 Å². The molecule has 15 heavy (non-hydrogen) atoms. The summed E-state index contributed by atoms with van der Waals surface area (Å²) in [5.41, 5.74) is 1.10. The van der Waals surface area contributed by atoms with Gasteiger partial charge in [-0.1, -0.05) is 15.9 Å². The van der Waals surface area contributed by atoms with Crippen molar-refractivity contribution in [2.75, 3.05) is 13.4 Å². The summed E-state index contributed by atoms with van der Waals surface area (Å²) in [7, 11) is 0. The van der Waals surface area contributed by atoms with E-state index in [-0.39, 0.29) is 6.10 Å². The Morgan fingerprint density at radius 2 is 2.20 bits per heavy atom. The Morgan fingerprint density at radius 3 is 3.00 bits per heavy atom. The van der Waals surface area contributed by atoms with Gasteiger partial charge in [0, 0.05) is 16.6 Å². The Bertz CT molecular complexity index is 386. The monoisotopic (exact) mass is 270 g/mol. The zero-order valence-corrected chi connectivity index (χ0v) is 9.75. The van der Waals surface area contributed by atoms with Gasteiger partial charge in [-0.15, -0.1) is 0 Å². The number of benzene rings is 1. The minimum absolute atomic E-state index is 0.149. The van der Waals surface area contributed by atoms with Crippen molar-refractivity contribution in [2.45, 2.75) is 18.9 Å². The minimum Gasteiger partial charge on any atom is -0.454 e. The predicted molar refractivity (Wildman–Crippen MR) is 58.2 cm³/mol. The van der Waals surface area contributed by atoms with Crippen LogP contribution in [0.1, 0.15) is 24.5 Å². The van der Waals surface area contributed by atoms with Crippen molar-refractivity contribution in [3.63, 3.8) is 0 Å². The standard InChI is InChI=1S/C11H11BrO3/c12-7-3-4-9-11(15-6-14-9)10(7)8-2-1-5-13-8/h3-4,8H,1-2,5-6H2. The summed E-state index contributed by atoms with van der Waals surface area (Å²) in [6.07, 6.45) is 2.32. The average Bonchev–Trinajstić information content (AvgIpc) is 2.85. The summed E-state index contributed by atoms with van der Waals surface area (Å²) >= 11 is 3.54. The number of rotatable bonds is 1. The predicted octanol–water partition coefficient (Wildman–Crippen LogP) is 3.03. The number of hydrogen-bond acceptors (Lipinski definition) is 3. The maximum absolute atomic E-state index is 5.68. The lowest BCUT2D eigenvalue weighted by Crippen LogP contribution is -2.00. The van der Waals surface area contributed by atoms with E-state index in [1.54, 1.807) is 0 Å². The quantitative estimate of drug-likeness (QED) is 0.785. The van der Waals surface area contributed by atoms with Crippen LogP contribution in [0.4, 0.5) is 0 Å². The van der Waals surface area contributed by atoms with E-state index in [0.717, 1.165) is 41.0 Å². The van der Waals surface area contributed by atoms with Crippen molar-refractivity contribution >= 4 is 15.9 Å². The fourth-order valence-corrected chi connectivity index (χ4v) is 2.64. The van der Waals surface area contributed by atoms with Crippen LogP contribution in [0.25, 0.3) is 0 Å². The van der Waals surface area contributed by atoms with E-state index in [4.69, 9.17) is 14.2 Å². The Kier molecular flexibility index (Phi) is 2.33. The van der Waals surface area contributed by atoms with Gasteiger partial charge in [0.2, 0.25) is 6.79 Å². The highest BCUT2D eigenvalue weighted by Crippen LogP contribution is 2.46. The molecule has 2 aliphatic rings. The highest BCUT2D eigenvalue weighted by Gasteiger charge is 2.28. The van der Waals surface area contributed by atoms with Gasteiger partial charge in [0.25, 0.3) is 0 Å². The summed E-state index contributed by atoms with van der Waals surface area (Å²) in [5.74, 6) is 1.67. The zero-order chi connectivity index (χ0) is 10.3. The lowest BCUT2D eigenvalue weighted by molar-refractivity contribution is 0.107. The lowest BCUT2D eigenvalue weighted by atomic mass is 10.1. The van der Waals surface area contributed by atoms with E-state index >= 15 is 0 Å². The summed E-state index contributed by atoms with van der Waals surface area (Å²) in [4.78, 5) is 0. The maximum atomic E-state index is 5.68. The van der Waals surface area contributed by atoms with Crippen molar-refractivity contribution in [3.8, 4) is 11.5 Å². The second kappa shape index (κ2) is 3.68. The molecule has 0 N–H and O–H groups in total. The third kappa shape index (κ3) is 1.52. The molecule has 3 rings (SSSR count). The lowest BCUT2D eigenvalue weighted by Gasteiger charge is -2.14. The maximum Gasteiger partial charge on any atom is 0.231 e. The van der Waals surface area contributed by atoms with E-state index in [0.29, 0.717) is 6.79 Å². The first-order chi connectivity index (χ1) is 7.36. The normalized spacial score (nSPS) is 23.4. The third-order valence-corrected chi connectivity index (χ3v) is 3.47. The van der Waals surface area contributed by atoms with Gasteiger partial charge in [0.05, 0.1) is 6.10 Å². The van der Waals surface area contributed by atoms with Crippen LogP contribution >= 0.6 is 15.9 Å². The van der Waals surface area contributed by atoms with E-state index in [1.165, 1.54) is 0 Å². The molecular formula is C11H11BrO3. The molecule has 0 saturated carbocycles. The van der Waals surface area contributed by atoms with Gasteiger partial charge in [-0.25, -0.2) is 0 Å². The van der Waals surface area contributed by atoms with Crippen LogP contribution in [0.3, 0.4) is 0 Å². The van der Waals surface area contributed by atoms with E-state index in [1.807, 2.05) is 12.1 Å². The van der Waals surface area contributed by atoms with Gasteiger partial charge in [-0.3, -0.25) is 0 Å². The molecule has 4 heteroatoms. The van der Waals surface area contributed by atoms with Gasteiger partial charge in [-0.05, 0) is 25.0 Å². The van der Waals surface area contributed by atoms with Gasteiger partial charge in [0.15, 0.2) is 11.5 Å². The molecular weight excluding hydrogens is 260 g/mol. The topological polar surface area (TPSA) is 27.7 Å². The zero-order valence-electron chi connectivity index (χ0n) is 8.16. The summed E-state index contributed by atoms with van der Waals surface area (Å²) < 4.78 is 17.6. The molecule has 0 bridgehead atoms. The third-order valence-electron chi connectivity index (χ3n) is 2.78. The molecule has 1 fully saturated rings. The Hall–Kier alpha value is -0.740. The van der Waals surface area contributed by atoms with Crippen LogP contribution in [-0.2, 0) is 4.74 Å². The molecule has 0 aromatic heterocycles. The van der Waals surface area contributed by atoms with Crippen LogP contribution in [0.2, 0.25) is 0 Å². The molecule has 2 aliphatic heterocycles. The minimum atomic E-state index is 0.149. The molecule has 1 saturated heterocycles. The van der Waals surface area contributed by atoms with E-state index in [9.17, 15) is 0 Å². The Balaban J connectivity index is 2.08. The Labute approximate surface area is 96.5 Å². The largest absolute Gasteiger partial charge is 0.454 e. The molecule has 0 spiro atoms. The highest BCUT2D eigenvalue weighted by atomic mass is 79.9. The van der Waals surface area contributed by atoms with E-state index < -0.39 is 0 Å². The Morgan fingerprint density at radius 1 is 1.27 bits per heavy atom. The second-order valence-electron chi connectivity index (χ2n) is 3.70. The van der Waals surface area contributed by atoms with Crippen molar-refractivity contribution in [1.29, 1.82) is 0 Å². The molecule has 1 atom stereocenters. The molecule has 1 unspecified atom stereocenters. The second-order valence-corrected chi connectivity index (χ2v) is 4.55. The molecule has 1 aromatic rings. The van der Waals surface area contributed by atoms with Crippen molar-refractivity contribution in [2.24, 2.45) is 0 Å². The summed E-state index contributed by atoms with van der Waals surface area (Å²) in [6, 6.07) is 3.91. The molecule has 0 radical (unpaired) electrons. The molecule has 0 amide bonds. The molecule has 1 aromatic carbocycles. The van der Waals surface area contributed by atoms with Crippen LogP contribution in [0.15, 0.2) is 16.6 Å². The first kappa shape index (κ1) is 9.48. The van der Waals surface area contributed by atoms with Crippen LogP contribution in [0, 0.1) is 0 Å². The first-order valence-electron chi connectivity index (χ1n) is 5.06. The summed E-state index contributed by atoms with van der Waals surface area (Å²) in [5, 5.41) is 0. The fourth-order valence-electron chi connectivity index (χ4n) is 2.08. The van der Waals surface area contributed by atoms with Crippen molar-refractivity contribution < 1.29 is 14.2 Å². The highest BCUT2D eigenvalue weighted by molar-refractivity contribution is 9.10. The number of fused-ring (bicyclic) bond motifs is 1. The van der Waals surface area contributed by atoms with Crippen molar-refractivity contribution in [3.05, 3.63) is 22.2 Å². The van der Waals surface area contributed by atoms with Gasteiger partial charge in [-0.2, -0.15) is 0 Å². The first-order valence-corrected chi connectivity index (χ1v) is 5.85. The molecule has 2 heterocycles. The average molecular weight is 271 g/mol. The number of halogens is 1. The SMILES string of the molecule is Brc1ccc2c(c1C1CCCO1)OCO2.